The van der Waals surface area contributed by atoms with Crippen molar-refractivity contribution in [1.82, 2.24) is 10.6 Å². The highest BCUT2D eigenvalue weighted by molar-refractivity contribution is 5.97. The van der Waals surface area contributed by atoms with E-state index in [0.717, 1.165) is 0 Å². The maximum Gasteiger partial charge on any atom is 0.251 e. The van der Waals surface area contributed by atoms with Crippen LogP contribution in [0.3, 0.4) is 0 Å². The zero-order chi connectivity index (χ0) is 13.4. The van der Waals surface area contributed by atoms with E-state index in [1.165, 1.54) is 0 Å². The van der Waals surface area contributed by atoms with Crippen LogP contribution in [-0.4, -0.2) is 36.1 Å². The summed E-state index contributed by atoms with van der Waals surface area (Å²) in [5.41, 5.74) is 0.521. The van der Waals surface area contributed by atoms with Gasteiger partial charge in [0.25, 0.3) is 5.91 Å². The van der Waals surface area contributed by atoms with Gasteiger partial charge in [0.05, 0.1) is 0 Å². The van der Waals surface area contributed by atoms with Crippen molar-refractivity contribution in [2.45, 2.75) is 19.4 Å². The molecule has 0 saturated carbocycles. The summed E-state index contributed by atoms with van der Waals surface area (Å²) in [7, 11) is 0. The largest absolute Gasteiger partial charge is 0.396 e. The van der Waals surface area contributed by atoms with Crippen molar-refractivity contribution >= 4 is 11.8 Å². The minimum atomic E-state index is -0.601. The second-order valence-electron chi connectivity index (χ2n) is 3.93. The van der Waals surface area contributed by atoms with Gasteiger partial charge < -0.3 is 15.7 Å². The van der Waals surface area contributed by atoms with Crippen LogP contribution in [0.4, 0.5) is 0 Å². The Bertz CT molecular complexity index is 392. The van der Waals surface area contributed by atoms with Crippen molar-refractivity contribution in [3.63, 3.8) is 0 Å². The van der Waals surface area contributed by atoms with E-state index in [1.54, 1.807) is 31.2 Å². The molecular weight excluding hydrogens is 232 g/mol. The van der Waals surface area contributed by atoms with Crippen molar-refractivity contribution in [2.24, 2.45) is 0 Å². The third-order valence-corrected chi connectivity index (χ3v) is 2.41. The van der Waals surface area contributed by atoms with Crippen LogP contribution in [0, 0.1) is 0 Å². The fourth-order valence-electron chi connectivity index (χ4n) is 1.38. The number of aliphatic hydroxyl groups is 1. The number of nitrogens with one attached hydrogen (secondary N) is 2. The van der Waals surface area contributed by atoms with Gasteiger partial charge in [-0.3, -0.25) is 9.59 Å². The highest BCUT2D eigenvalue weighted by Crippen LogP contribution is 1.98. The molecule has 1 unspecified atom stereocenters. The topological polar surface area (TPSA) is 78.4 Å². The molecule has 5 nitrogen and oxygen atoms in total. The zero-order valence-electron chi connectivity index (χ0n) is 10.3. The van der Waals surface area contributed by atoms with E-state index in [0.29, 0.717) is 18.5 Å². The van der Waals surface area contributed by atoms with Gasteiger partial charge >= 0.3 is 0 Å². The molecule has 1 aromatic carbocycles. The fourth-order valence-corrected chi connectivity index (χ4v) is 1.38. The molecular formula is C13H18N2O3. The number of benzene rings is 1. The molecule has 0 aliphatic heterocycles. The lowest BCUT2D eigenvalue weighted by atomic mass is 10.2. The Hall–Kier alpha value is -1.88. The van der Waals surface area contributed by atoms with Gasteiger partial charge in [-0.15, -0.1) is 0 Å². The molecule has 0 heterocycles. The highest BCUT2D eigenvalue weighted by atomic mass is 16.3. The Balaban J connectivity index is 2.42. The van der Waals surface area contributed by atoms with E-state index >= 15 is 0 Å². The van der Waals surface area contributed by atoms with Crippen LogP contribution >= 0.6 is 0 Å². The lowest BCUT2D eigenvalue weighted by molar-refractivity contribution is -0.122. The Morgan fingerprint density at radius 3 is 2.56 bits per heavy atom. The monoisotopic (exact) mass is 250 g/mol. The van der Waals surface area contributed by atoms with Gasteiger partial charge in [-0.1, -0.05) is 18.2 Å². The normalized spacial score (nSPS) is 11.7. The SMILES string of the molecule is CC(NC(=O)c1ccccc1)C(=O)NCCCO. The molecule has 0 fully saturated rings. The number of rotatable bonds is 6. The number of hydrogen-bond donors (Lipinski definition) is 3. The van der Waals surface area contributed by atoms with Crippen molar-refractivity contribution in [3.05, 3.63) is 35.9 Å². The Kier molecular flexibility index (Phi) is 5.87. The molecule has 0 aliphatic rings. The first kappa shape index (κ1) is 14.2. The molecule has 1 aromatic rings. The number of amides is 2. The number of aliphatic hydroxyl groups excluding tert-OH is 1. The molecule has 3 N–H and O–H groups in total. The minimum Gasteiger partial charge on any atom is -0.396 e. The molecule has 2 amide bonds. The van der Waals surface area contributed by atoms with E-state index in [4.69, 9.17) is 5.11 Å². The van der Waals surface area contributed by atoms with Crippen molar-refractivity contribution < 1.29 is 14.7 Å². The molecule has 1 rings (SSSR count). The molecule has 0 aliphatic carbocycles. The van der Waals surface area contributed by atoms with Crippen LogP contribution in [-0.2, 0) is 4.79 Å². The van der Waals surface area contributed by atoms with Gasteiger partial charge in [0.1, 0.15) is 6.04 Å². The van der Waals surface area contributed by atoms with E-state index in [9.17, 15) is 9.59 Å². The third kappa shape index (κ3) is 4.55. The molecule has 0 saturated heterocycles. The summed E-state index contributed by atoms with van der Waals surface area (Å²) in [6.45, 7) is 2.06. The third-order valence-electron chi connectivity index (χ3n) is 2.41. The first-order valence-corrected chi connectivity index (χ1v) is 5.89. The molecule has 1 atom stereocenters. The van der Waals surface area contributed by atoms with Gasteiger partial charge in [-0.25, -0.2) is 0 Å². The van der Waals surface area contributed by atoms with Crippen LogP contribution in [0.25, 0.3) is 0 Å². The second kappa shape index (κ2) is 7.45. The van der Waals surface area contributed by atoms with Gasteiger partial charge in [0, 0.05) is 18.7 Å². The van der Waals surface area contributed by atoms with Gasteiger partial charge in [0.2, 0.25) is 5.91 Å². The molecule has 0 spiro atoms. The maximum atomic E-state index is 11.8. The van der Waals surface area contributed by atoms with Gasteiger partial charge in [-0.05, 0) is 25.5 Å². The predicted molar refractivity (Wildman–Crippen MR) is 68.1 cm³/mol. The molecule has 18 heavy (non-hydrogen) atoms. The molecule has 0 bridgehead atoms. The molecule has 5 heteroatoms. The predicted octanol–water partition coefficient (Wildman–Crippen LogP) is 0.303. The summed E-state index contributed by atoms with van der Waals surface area (Å²) in [5.74, 6) is -0.534. The van der Waals surface area contributed by atoms with Gasteiger partial charge in [-0.2, -0.15) is 0 Å². The fraction of sp³-hybridized carbons (Fsp3) is 0.385. The number of carbonyl (C=O) groups excluding carboxylic acids is 2. The second-order valence-corrected chi connectivity index (χ2v) is 3.93. The lowest BCUT2D eigenvalue weighted by Crippen LogP contribution is -2.45. The Labute approximate surface area is 106 Å². The molecule has 98 valence electrons. The first-order valence-electron chi connectivity index (χ1n) is 5.89. The molecule has 0 radical (unpaired) electrons. The summed E-state index contributed by atoms with van der Waals surface area (Å²) >= 11 is 0. The average molecular weight is 250 g/mol. The van der Waals surface area contributed by atoms with Crippen LogP contribution < -0.4 is 10.6 Å². The maximum absolute atomic E-state index is 11.8. The summed E-state index contributed by atoms with van der Waals surface area (Å²) in [6, 6.07) is 8.12. The highest BCUT2D eigenvalue weighted by Gasteiger charge is 2.15. The summed E-state index contributed by atoms with van der Waals surface area (Å²) in [4.78, 5) is 23.3. The quantitative estimate of drug-likeness (QED) is 0.636. The first-order chi connectivity index (χ1) is 8.65. The molecule has 0 aromatic heterocycles. The van der Waals surface area contributed by atoms with E-state index in [1.807, 2.05) is 6.07 Å². The number of carbonyl (C=O) groups is 2. The Morgan fingerprint density at radius 1 is 1.28 bits per heavy atom. The van der Waals surface area contributed by atoms with Crippen molar-refractivity contribution in [1.29, 1.82) is 0 Å². The summed E-state index contributed by atoms with van der Waals surface area (Å²) < 4.78 is 0. The standard InChI is InChI=1S/C13H18N2O3/c1-10(12(17)14-8-5-9-16)15-13(18)11-6-3-2-4-7-11/h2-4,6-7,10,16H,5,8-9H2,1H3,(H,14,17)(H,15,18). The zero-order valence-corrected chi connectivity index (χ0v) is 10.3. The van der Waals surface area contributed by atoms with Crippen molar-refractivity contribution in [2.75, 3.05) is 13.2 Å². The van der Waals surface area contributed by atoms with Crippen LogP contribution in [0.15, 0.2) is 30.3 Å². The summed E-state index contributed by atoms with van der Waals surface area (Å²) in [6.07, 6.45) is 0.505. The van der Waals surface area contributed by atoms with E-state index < -0.39 is 6.04 Å². The average Bonchev–Trinajstić information content (AvgIpc) is 2.39. The lowest BCUT2D eigenvalue weighted by Gasteiger charge is -2.13. The van der Waals surface area contributed by atoms with E-state index in [2.05, 4.69) is 10.6 Å². The summed E-state index contributed by atoms with van der Waals surface area (Å²) in [5, 5.41) is 13.8. The number of hydrogen-bond acceptors (Lipinski definition) is 3. The minimum absolute atomic E-state index is 0.0328. The van der Waals surface area contributed by atoms with Crippen LogP contribution in [0.2, 0.25) is 0 Å². The van der Waals surface area contributed by atoms with Crippen LogP contribution in [0.5, 0.6) is 0 Å². The Morgan fingerprint density at radius 2 is 1.94 bits per heavy atom. The smallest absolute Gasteiger partial charge is 0.251 e. The van der Waals surface area contributed by atoms with Crippen LogP contribution in [0.1, 0.15) is 23.7 Å². The van der Waals surface area contributed by atoms with E-state index in [-0.39, 0.29) is 18.4 Å². The van der Waals surface area contributed by atoms with Crippen molar-refractivity contribution in [3.8, 4) is 0 Å². The van der Waals surface area contributed by atoms with Gasteiger partial charge in [0.15, 0.2) is 0 Å².